The van der Waals surface area contributed by atoms with Crippen LogP contribution in [0.25, 0.3) is 6.08 Å². The Balaban J connectivity index is 2.07. The van der Waals surface area contributed by atoms with Gasteiger partial charge in [0, 0.05) is 31.0 Å². The number of hydrogen-bond acceptors (Lipinski definition) is 4. The molecule has 1 aromatic heterocycles. The zero-order chi connectivity index (χ0) is 14.7. The highest BCUT2D eigenvalue weighted by Gasteiger charge is 2.38. The van der Waals surface area contributed by atoms with Gasteiger partial charge >= 0.3 is 5.97 Å². The first-order chi connectivity index (χ1) is 9.51. The monoisotopic (exact) mass is 359 g/mol. The maximum Gasteiger partial charge on any atom is 0.326 e. The molecule has 1 aliphatic rings. The number of carbonyl (C=O) groups is 2. The van der Waals surface area contributed by atoms with Gasteiger partial charge in [-0.05, 0) is 34.1 Å². The lowest BCUT2D eigenvalue weighted by atomic mass is 10.2. The van der Waals surface area contributed by atoms with E-state index in [1.807, 2.05) is 12.1 Å². The molecule has 1 amide bonds. The predicted octanol–water partition coefficient (Wildman–Crippen LogP) is 2.22. The van der Waals surface area contributed by atoms with Gasteiger partial charge in [-0.3, -0.25) is 4.79 Å². The summed E-state index contributed by atoms with van der Waals surface area (Å²) in [7, 11) is 1.52. The van der Waals surface area contributed by atoms with Crippen molar-refractivity contribution in [2.24, 2.45) is 0 Å². The molecular formula is C13H14BrNO4S. The highest BCUT2D eigenvalue weighted by Crippen LogP contribution is 2.24. The highest BCUT2D eigenvalue weighted by atomic mass is 79.9. The van der Waals surface area contributed by atoms with E-state index in [2.05, 4.69) is 15.9 Å². The third-order valence-electron chi connectivity index (χ3n) is 3.15. The Kier molecular flexibility index (Phi) is 4.95. The van der Waals surface area contributed by atoms with Crippen LogP contribution in [0.3, 0.4) is 0 Å². The van der Waals surface area contributed by atoms with E-state index >= 15 is 0 Å². The molecule has 7 heteroatoms. The standard InChI is InChI=1S/C13H14BrNO4S/c1-19-8-6-10(13(17)18)15(7-8)12(16)5-3-9-2-4-11(14)20-9/h2-5,8,10H,6-7H2,1H3,(H,17,18)/b5-3+. The Hall–Kier alpha value is -1.18. The van der Waals surface area contributed by atoms with Crippen LogP contribution in [0.15, 0.2) is 22.0 Å². The molecule has 0 aliphatic carbocycles. The third kappa shape index (κ3) is 3.47. The number of thiophene rings is 1. The lowest BCUT2D eigenvalue weighted by molar-refractivity contribution is -0.146. The van der Waals surface area contributed by atoms with Crippen molar-refractivity contribution in [3.05, 3.63) is 26.9 Å². The second-order valence-corrected chi connectivity index (χ2v) is 6.91. The summed E-state index contributed by atoms with van der Waals surface area (Å²) < 4.78 is 6.13. The molecule has 0 spiro atoms. The number of hydrogen-bond donors (Lipinski definition) is 1. The van der Waals surface area contributed by atoms with Crippen molar-refractivity contribution >= 4 is 45.2 Å². The molecule has 108 valence electrons. The molecular weight excluding hydrogens is 346 g/mol. The summed E-state index contributed by atoms with van der Waals surface area (Å²) in [5.41, 5.74) is 0. The molecule has 1 saturated heterocycles. The van der Waals surface area contributed by atoms with Crippen molar-refractivity contribution in [1.82, 2.24) is 4.90 Å². The van der Waals surface area contributed by atoms with Crippen molar-refractivity contribution in [2.75, 3.05) is 13.7 Å². The molecule has 2 unspecified atom stereocenters. The van der Waals surface area contributed by atoms with Crippen molar-refractivity contribution in [3.8, 4) is 0 Å². The first kappa shape index (κ1) is 15.2. The van der Waals surface area contributed by atoms with E-state index in [-0.39, 0.29) is 12.0 Å². The number of nitrogens with zero attached hydrogens (tertiary/aromatic N) is 1. The van der Waals surface area contributed by atoms with Gasteiger partial charge in [0.25, 0.3) is 0 Å². The maximum atomic E-state index is 12.1. The number of methoxy groups -OCH3 is 1. The fraction of sp³-hybridized carbons (Fsp3) is 0.385. The highest BCUT2D eigenvalue weighted by molar-refractivity contribution is 9.11. The van der Waals surface area contributed by atoms with Crippen LogP contribution in [0.2, 0.25) is 0 Å². The minimum atomic E-state index is -0.995. The third-order valence-corrected chi connectivity index (χ3v) is 4.74. The molecule has 0 aromatic carbocycles. The van der Waals surface area contributed by atoms with E-state index in [0.717, 1.165) is 8.66 Å². The van der Waals surface area contributed by atoms with Gasteiger partial charge in [0.05, 0.1) is 9.89 Å². The van der Waals surface area contributed by atoms with Crippen LogP contribution in [0.1, 0.15) is 11.3 Å². The Bertz CT molecular complexity index is 542. The van der Waals surface area contributed by atoms with Crippen molar-refractivity contribution < 1.29 is 19.4 Å². The first-order valence-electron chi connectivity index (χ1n) is 6.01. The zero-order valence-corrected chi connectivity index (χ0v) is 13.2. The summed E-state index contributed by atoms with van der Waals surface area (Å²) in [4.78, 5) is 25.6. The number of carboxylic acid groups (broad SMARTS) is 1. The number of carbonyl (C=O) groups excluding carboxylic acids is 1. The molecule has 0 saturated carbocycles. The zero-order valence-electron chi connectivity index (χ0n) is 10.8. The van der Waals surface area contributed by atoms with Crippen LogP contribution >= 0.6 is 27.3 Å². The van der Waals surface area contributed by atoms with E-state index < -0.39 is 12.0 Å². The predicted molar refractivity (Wildman–Crippen MR) is 79.6 cm³/mol. The second-order valence-electron chi connectivity index (χ2n) is 4.41. The van der Waals surface area contributed by atoms with Crippen LogP contribution in [0.5, 0.6) is 0 Å². The van der Waals surface area contributed by atoms with Gasteiger partial charge in [0.1, 0.15) is 6.04 Å². The van der Waals surface area contributed by atoms with Gasteiger partial charge < -0.3 is 14.7 Å². The summed E-state index contributed by atoms with van der Waals surface area (Å²) in [5.74, 6) is -1.30. The minimum absolute atomic E-state index is 0.218. The SMILES string of the molecule is COC1CC(C(=O)O)N(C(=O)/C=C/c2ccc(Br)s2)C1. The minimum Gasteiger partial charge on any atom is -0.480 e. The number of aliphatic carboxylic acids is 1. The van der Waals surface area contributed by atoms with Crippen LogP contribution in [-0.4, -0.2) is 47.7 Å². The number of rotatable bonds is 4. The Morgan fingerprint density at radius 3 is 2.85 bits per heavy atom. The van der Waals surface area contributed by atoms with Crippen LogP contribution < -0.4 is 0 Å². The number of amides is 1. The number of halogens is 1. The molecule has 0 bridgehead atoms. The fourth-order valence-corrected chi connectivity index (χ4v) is 3.44. The van der Waals surface area contributed by atoms with E-state index in [1.54, 1.807) is 6.08 Å². The van der Waals surface area contributed by atoms with Crippen molar-refractivity contribution in [1.29, 1.82) is 0 Å². The normalized spacial score (nSPS) is 22.6. The van der Waals surface area contributed by atoms with Gasteiger partial charge in [-0.25, -0.2) is 4.79 Å². The lowest BCUT2D eigenvalue weighted by Crippen LogP contribution is -2.39. The number of likely N-dealkylation sites (tertiary alicyclic amines) is 1. The van der Waals surface area contributed by atoms with E-state index in [1.165, 1.54) is 29.4 Å². The maximum absolute atomic E-state index is 12.1. The topological polar surface area (TPSA) is 66.8 Å². The van der Waals surface area contributed by atoms with Crippen LogP contribution in [0.4, 0.5) is 0 Å². The molecule has 0 radical (unpaired) electrons. The smallest absolute Gasteiger partial charge is 0.326 e. The molecule has 2 rings (SSSR count). The number of carboxylic acids is 1. The largest absolute Gasteiger partial charge is 0.480 e. The summed E-state index contributed by atoms with van der Waals surface area (Å²) in [6, 6.07) is 2.97. The summed E-state index contributed by atoms with van der Waals surface area (Å²) in [6.45, 7) is 0.310. The van der Waals surface area contributed by atoms with Gasteiger partial charge in [0.15, 0.2) is 0 Å². The summed E-state index contributed by atoms with van der Waals surface area (Å²) >= 11 is 4.85. The Morgan fingerprint density at radius 1 is 1.55 bits per heavy atom. The molecule has 1 fully saturated rings. The molecule has 1 aliphatic heterocycles. The average molecular weight is 360 g/mol. The fourth-order valence-electron chi connectivity index (χ4n) is 2.11. The van der Waals surface area contributed by atoms with Crippen LogP contribution in [-0.2, 0) is 14.3 Å². The average Bonchev–Trinajstić information content (AvgIpc) is 3.02. The summed E-state index contributed by atoms with van der Waals surface area (Å²) in [6.07, 6.45) is 3.21. The molecule has 20 heavy (non-hydrogen) atoms. The number of ether oxygens (including phenoxy) is 1. The van der Waals surface area contributed by atoms with Gasteiger partial charge in [-0.2, -0.15) is 0 Å². The molecule has 5 nitrogen and oxygen atoms in total. The van der Waals surface area contributed by atoms with Gasteiger partial charge in [0.2, 0.25) is 5.91 Å². The Morgan fingerprint density at radius 2 is 2.30 bits per heavy atom. The lowest BCUT2D eigenvalue weighted by Gasteiger charge is -2.19. The Labute approximate surface area is 129 Å². The molecule has 2 atom stereocenters. The quantitative estimate of drug-likeness (QED) is 0.837. The molecule has 2 heterocycles. The second kappa shape index (κ2) is 6.51. The molecule has 1 N–H and O–H groups in total. The van der Waals surface area contributed by atoms with E-state index in [0.29, 0.717) is 13.0 Å². The van der Waals surface area contributed by atoms with Gasteiger partial charge in [-0.15, -0.1) is 11.3 Å². The van der Waals surface area contributed by atoms with E-state index in [4.69, 9.17) is 9.84 Å². The summed E-state index contributed by atoms with van der Waals surface area (Å²) in [5, 5.41) is 9.16. The molecule has 1 aromatic rings. The van der Waals surface area contributed by atoms with Crippen LogP contribution in [0, 0.1) is 0 Å². The van der Waals surface area contributed by atoms with E-state index in [9.17, 15) is 9.59 Å². The van der Waals surface area contributed by atoms with Gasteiger partial charge in [-0.1, -0.05) is 0 Å². The van der Waals surface area contributed by atoms with Crippen molar-refractivity contribution in [3.63, 3.8) is 0 Å². The van der Waals surface area contributed by atoms with Crippen molar-refractivity contribution in [2.45, 2.75) is 18.6 Å². The first-order valence-corrected chi connectivity index (χ1v) is 7.62.